The topological polar surface area (TPSA) is 49.4 Å². The third kappa shape index (κ3) is 4.17. The monoisotopic (exact) mass is 274 g/mol. The fraction of sp³-hybridized carbons (Fsp3) is 0.500. The Kier molecular flexibility index (Phi) is 5.30. The Morgan fingerprint density at radius 3 is 2.45 bits per heavy atom. The van der Waals surface area contributed by atoms with E-state index in [0.29, 0.717) is 6.54 Å². The summed E-state index contributed by atoms with van der Waals surface area (Å²) in [4.78, 5) is 25.0. The summed E-state index contributed by atoms with van der Waals surface area (Å²) in [5.41, 5.74) is 1.22. The largest absolute Gasteiger partial charge is 0.354 e. The average Bonchev–Trinajstić information content (AvgIpc) is 2.93. The number of carbonyl (C=O) groups is 2. The van der Waals surface area contributed by atoms with Crippen LogP contribution < -0.4 is 5.32 Å². The number of nitrogens with one attached hydrogen (secondary N) is 1. The molecular weight excluding hydrogens is 252 g/mol. The molecule has 20 heavy (non-hydrogen) atoms. The van der Waals surface area contributed by atoms with Crippen LogP contribution in [0.15, 0.2) is 30.3 Å². The van der Waals surface area contributed by atoms with E-state index in [0.717, 1.165) is 13.1 Å². The van der Waals surface area contributed by atoms with Crippen LogP contribution in [0, 0.1) is 0 Å². The van der Waals surface area contributed by atoms with Gasteiger partial charge in [0, 0.05) is 6.54 Å². The van der Waals surface area contributed by atoms with E-state index in [1.165, 1.54) is 25.3 Å². The van der Waals surface area contributed by atoms with Crippen LogP contribution in [0.2, 0.25) is 0 Å². The molecule has 0 saturated carbocycles. The van der Waals surface area contributed by atoms with Crippen LogP contribution in [0.3, 0.4) is 0 Å². The van der Waals surface area contributed by atoms with Gasteiger partial charge in [0.25, 0.3) is 0 Å². The highest BCUT2D eigenvalue weighted by Crippen LogP contribution is 2.24. The zero-order valence-corrected chi connectivity index (χ0v) is 12.0. The zero-order chi connectivity index (χ0) is 14.4. The first-order valence-electron chi connectivity index (χ1n) is 7.22. The quantitative estimate of drug-likeness (QED) is 0.806. The Morgan fingerprint density at radius 2 is 1.85 bits per heavy atom. The summed E-state index contributed by atoms with van der Waals surface area (Å²) in [6.45, 7) is 4.15. The summed E-state index contributed by atoms with van der Waals surface area (Å²) in [6, 6.07) is 10.4. The Bertz CT molecular complexity index is 453. The molecule has 1 fully saturated rings. The van der Waals surface area contributed by atoms with Crippen molar-refractivity contribution in [1.82, 2.24) is 10.2 Å². The van der Waals surface area contributed by atoms with Crippen molar-refractivity contribution in [3.63, 3.8) is 0 Å². The van der Waals surface area contributed by atoms with Gasteiger partial charge in [-0.25, -0.2) is 0 Å². The minimum absolute atomic E-state index is 0.0263. The van der Waals surface area contributed by atoms with Crippen LogP contribution in [0.1, 0.15) is 37.8 Å². The SMILES string of the molecule is CC(=O)CC(=O)NCC(c1ccccc1)N1CCCC1. The summed E-state index contributed by atoms with van der Waals surface area (Å²) >= 11 is 0. The lowest BCUT2D eigenvalue weighted by Gasteiger charge is -2.28. The Hall–Kier alpha value is -1.68. The number of carbonyl (C=O) groups excluding carboxylic acids is 2. The molecule has 1 aliphatic heterocycles. The molecule has 1 saturated heterocycles. The first-order chi connectivity index (χ1) is 9.66. The number of nitrogens with zero attached hydrogens (tertiary/aromatic N) is 1. The molecule has 1 atom stereocenters. The normalized spacial score (nSPS) is 16.9. The third-order valence-corrected chi connectivity index (χ3v) is 3.67. The minimum atomic E-state index is -0.183. The van der Waals surface area contributed by atoms with Crippen LogP contribution in [-0.2, 0) is 9.59 Å². The molecule has 0 bridgehead atoms. The molecule has 0 spiro atoms. The van der Waals surface area contributed by atoms with Crippen LogP contribution >= 0.6 is 0 Å². The van der Waals surface area contributed by atoms with E-state index < -0.39 is 0 Å². The summed E-state index contributed by atoms with van der Waals surface area (Å²) in [5.74, 6) is -0.280. The minimum Gasteiger partial charge on any atom is -0.354 e. The number of Topliss-reactive ketones (excluding diaryl/α,β-unsaturated/α-hetero) is 1. The number of likely N-dealkylation sites (tertiary alicyclic amines) is 1. The van der Waals surface area contributed by atoms with Crippen molar-refractivity contribution in [3.8, 4) is 0 Å². The lowest BCUT2D eigenvalue weighted by atomic mass is 10.1. The molecule has 1 heterocycles. The van der Waals surface area contributed by atoms with Gasteiger partial charge < -0.3 is 5.32 Å². The van der Waals surface area contributed by atoms with Gasteiger partial charge in [-0.15, -0.1) is 0 Å². The fourth-order valence-electron chi connectivity index (χ4n) is 2.69. The molecule has 4 heteroatoms. The molecule has 0 aromatic heterocycles. The maximum atomic E-state index is 11.7. The number of rotatable bonds is 6. The molecule has 1 aliphatic rings. The molecule has 0 aliphatic carbocycles. The molecule has 1 unspecified atom stereocenters. The number of hydrogen-bond acceptors (Lipinski definition) is 3. The van der Waals surface area contributed by atoms with Gasteiger partial charge in [-0.1, -0.05) is 30.3 Å². The Morgan fingerprint density at radius 1 is 1.20 bits per heavy atom. The smallest absolute Gasteiger partial charge is 0.227 e. The summed E-state index contributed by atoms with van der Waals surface area (Å²) < 4.78 is 0. The highest BCUT2D eigenvalue weighted by Gasteiger charge is 2.23. The predicted octanol–water partition coefficient (Wildman–Crippen LogP) is 1.92. The van der Waals surface area contributed by atoms with Gasteiger partial charge in [-0.3, -0.25) is 14.5 Å². The van der Waals surface area contributed by atoms with E-state index in [1.807, 2.05) is 18.2 Å². The number of ketones is 1. The zero-order valence-electron chi connectivity index (χ0n) is 12.0. The van der Waals surface area contributed by atoms with Gasteiger partial charge in [-0.2, -0.15) is 0 Å². The highest BCUT2D eigenvalue weighted by molar-refractivity contribution is 5.96. The molecule has 1 amide bonds. The van der Waals surface area contributed by atoms with Crippen molar-refractivity contribution in [2.24, 2.45) is 0 Å². The average molecular weight is 274 g/mol. The van der Waals surface area contributed by atoms with Crippen LogP contribution in [0.4, 0.5) is 0 Å². The molecule has 108 valence electrons. The molecule has 2 rings (SSSR count). The van der Waals surface area contributed by atoms with E-state index in [2.05, 4.69) is 22.3 Å². The van der Waals surface area contributed by atoms with Gasteiger partial charge in [0.1, 0.15) is 5.78 Å². The van der Waals surface area contributed by atoms with Crippen molar-refractivity contribution in [2.75, 3.05) is 19.6 Å². The molecule has 4 nitrogen and oxygen atoms in total. The van der Waals surface area contributed by atoms with Crippen LogP contribution in [0.5, 0.6) is 0 Å². The number of amides is 1. The van der Waals surface area contributed by atoms with Crippen molar-refractivity contribution in [1.29, 1.82) is 0 Å². The van der Waals surface area contributed by atoms with Crippen molar-refractivity contribution in [2.45, 2.75) is 32.2 Å². The molecule has 1 aromatic carbocycles. The van der Waals surface area contributed by atoms with Gasteiger partial charge in [0.2, 0.25) is 5.91 Å². The first kappa shape index (κ1) is 14.7. The molecular formula is C16H22N2O2. The van der Waals surface area contributed by atoms with E-state index in [9.17, 15) is 9.59 Å². The molecule has 0 radical (unpaired) electrons. The van der Waals surface area contributed by atoms with Gasteiger partial charge in [-0.05, 0) is 38.4 Å². The summed E-state index contributed by atoms with van der Waals surface area (Å²) in [6.07, 6.45) is 2.40. The number of hydrogen-bond donors (Lipinski definition) is 1. The van der Waals surface area contributed by atoms with E-state index in [-0.39, 0.29) is 24.2 Å². The second-order valence-corrected chi connectivity index (χ2v) is 5.35. The lowest BCUT2D eigenvalue weighted by Crippen LogP contribution is -2.37. The standard InChI is InChI=1S/C16H22N2O2/c1-13(19)11-16(20)17-12-15(18-9-5-6-10-18)14-7-3-2-4-8-14/h2-4,7-8,15H,5-6,9-12H2,1H3,(H,17,20). The summed E-state index contributed by atoms with van der Waals surface area (Å²) in [5, 5.41) is 2.89. The van der Waals surface area contributed by atoms with Crippen LogP contribution in [0.25, 0.3) is 0 Å². The molecule has 1 N–H and O–H groups in total. The molecule has 1 aromatic rings. The van der Waals surface area contributed by atoms with Gasteiger partial charge in [0.05, 0.1) is 12.5 Å². The number of benzene rings is 1. The van der Waals surface area contributed by atoms with Crippen molar-refractivity contribution < 1.29 is 9.59 Å². The third-order valence-electron chi connectivity index (χ3n) is 3.67. The van der Waals surface area contributed by atoms with E-state index in [1.54, 1.807) is 0 Å². The van der Waals surface area contributed by atoms with Gasteiger partial charge >= 0.3 is 0 Å². The highest BCUT2D eigenvalue weighted by atomic mass is 16.2. The van der Waals surface area contributed by atoms with E-state index in [4.69, 9.17) is 0 Å². The predicted molar refractivity (Wildman–Crippen MR) is 78.3 cm³/mol. The fourth-order valence-corrected chi connectivity index (χ4v) is 2.69. The first-order valence-corrected chi connectivity index (χ1v) is 7.22. The van der Waals surface area contributed by atoms with E-state index >= 15 is 0 Å². The maximum Gasteiger partial charge on any atom is 0.227 e. The van der Waals surface area contributed by atoms with Crippen molar-refractivity contribution >= 4 is 11.7 Å². The Labute approximate surface area is 120 Å². The second kappa shape index (κ2) is 7.20. The maximum absolute atomic E-state index is 11.7. The Balaban J connectivity index is 2.00. The lowest BCUT2D eigenvalue weighted by molar-refractivity contribution is -0.127. The van der Waals surface area contributed by atoms with Crippen LogP contribution in [-0.4, -0.2) is 36.2 Å². The second-order valence-electron chi connectivity index (χ2n) is 5.35. The van der Waals surface area contributed by atoms with Crippen molar-refractivity contribution in [3.05, 3.63) is 35.9 Å². The summed E-state index contributed by atoms with van der Waals surface area (Å²) in [7, 11) is 0. The van der Waals surface area contributed by atoms with Gasteiger partial charge in [0.15, 0.2) is 0 Å².